The molecule has 90 valence electrons. The minimum Gasteiger partial charge on any atom is -0.490 e. The van der Waals surface area contributed by atoms with Crippen molar-refractivity contribution < 1.29 is 9.13 Å². The highest BCUT2D eigenvalue weighted by molar-refractivity contribution is 5.61. The molecule has 2 N–H and O–H groups in total. The first-order chi connectivity index (χ1) is 8.22. The molecule has 0 bridgehead atoms. The Hall–Kier alpha value is -2.04. The van der Waals surface area contributed by atoms with Crippen molar-refractivity contribution in [2.75, 3.05) is 12.3 Å². The fourth-order valence-electron chi connectivity index (χ4n) is 1.51. The topological polar surface area (TPSA) is 53.1 Å². The molecule has 0 atom stereocenters. The van der Waals surface area contributed by atoms with Gasteiger partial charge < -0.3 is 15.0 Å². The summed E-state index contributed by atoms with van der Waals surface area (Å²) in [7, 11) is 0. The molecule has 0 fully saturated rings. The third-order valence-corrected chi connectivity index (χ3v) is 2.33. The van der Waals surface area contributed by atoms with Gasteiger partial charge in [-0.2, -0.15) is 0 Å². The zero-order valence-corrected chi connectivity index (χ0v) is 9.56. The number of benzene rings is 1. The van der Waals surface area contributed by atoms with Crippen LogP contribution in [0.15, 0.2) is 30.9 Å². The Labute approximate surface area is 98.8 Å². The highest BCUT2D eigenvalue weighted by Gasteiger charge is 2.10. The number of anilines is 1. The van der Waals surface area contributed by atoms with Crippen LogP contribution in [0, 0.1) is 5.82 Å². The van der Waals surface area contributed by atoms with E-state index in [1.54, 1.807) is 29.4 Å². The van der Waals surface area contributed by atoms with Crippen molar-refractivity contribution in [3.63, 3.8) is 0 Å². The first kappa shape index (κ1) is 11.4. The zero-order valence-electron chi connectivity index (χ0n) is 9.56. The van der Waals surface area contributed by atoms with Crippen molar-refractivity contribution >= 4 is 5.69 Å². The van der Waals surface area contributed by atoms with E-state index in [1.807, 2.05) is 6.92 Å². The number of ether oxygens (including phenoxy) is 1. The summed E-state index contributed by atoms with van der Waals surface area (Å²) in [5.41, 5.74) is 6.78. The Kier molecular flexibility index (Phi) is 3.27. The second-order valence-corrected chi connectivity index (χ2v) is 3.66. The van der Waals surface area contributed by atoms with Gasteiger partial charge in [0.15, 0.2) is 11.6 Å². The van der Waals surface area contributed by atoms with Gasteiger partial charge in [-0.3, -0.25) is 0 Å². The van der Waals surface area contributed by atoms with E-state index in [0.717, 1.165) is 6.42 Å². The Morgan fingerprint density at radius 1 is 1.47 bits per heavy atom. The molecule has 0 spiro atoms. The summed E-state index contributed by atoms with van der Waals surface area (Å²) in [6.45, 7) is 2.44. The molecule has 0 saturated heterocycles. The van der Waals surface area contributed by atoms with E-state index in [0.29, 0.717) is 18.0 Å². The predicted octanol–water partition coefficient (Wildman–Crippen LogP) is 2.38. The van der Waals surface area contributed by atoms with Crippen molar-refractivity contribution in [2.45, 2.75) is 13.3 Å². The first-order valence-corrected chi connectivity index (χ1v) is 5.42. The van der Waals surface area contributed by atoms with Gasteiger partial charge in [0.2, 0.25) is 0 Å². The number of hydrogen-bond donors (Lipinski definition) is 1. The summed E-state index contributed by atoms with van der Waals surface area (Å²) in [6.07, 6.45) is 5.81. The van der Waals surface area contributed by atoms with Gasteiger partial charge in [0.1, 0.15) is 0 Å². The van der Waals surface area contributed by atoms with Crippen LogP contribution in [0.4, 0.5) is 10.1 Å². The number of nitrogens with zero attached hydrogens (tertiary/aromatic N) is 2. The Balaban J connectivity index is 2.39. The Morgan fingerprint density at radius 2 is 2.29 bits per heavy atom. The zero-order chi connectivity index (χ0) is 12.3. The quantitative estimate of drug-likeness (QED) is 0.828. The average Bonchev–Trinajstić information content (AvgIpc) is 2.81. The molecule has 2 rings (SSSR count). The van der Waals surface area contributed by atoms with E-state index >= 15 is 0 Å². The van der Waals surface area contributed by atoms with E-state index in [4.69, 9.17) is 10.5 Å². The molecule has 0 aliphatic rings. The molecule has 0 saturated carbocycles. The van der Waals surface area contributed by atoms with Crippen LogP contribution >= 0.6 is 0 Å². The molecule has 0 amide bonds. The van der Waals surface area contributed by atoms with Crippen molar-refractivity contribution in [3.8, 4) is 11.4 Å². The maximum atomic E-state index is 13.6. The molecule has 0 aliphatic carbocycles. The molecule has 1 heterocycles. The molecular weight excluding hydrogens is 221 g/mol. The summed E-state index contributed by atoms with van der Waals surface area (Å²) in [5.74, 6) is -0.232. The summed E-state index contributed by atoms with van der Waals surface area (Å²) in [4.78, 5) is 3.93. The van der Waals surface area contributed by atoms with Gasteiger partial charge in [0.05, 0.1) is 24.3 Å². The fourth-order valence-corrected chi connectivity index (χ4v) is 1.51. The van der Waals surface area contributed by atoms with Gasteiger partial charge in [-0.25, -0.2) is 9.37 Å². The molecular formula is C12H14FN3O. The Bertz CT molecular complexity index is 497. The van der Waals surface area contributed by atoms with E-state index < -0.39 is 5.82 Å². The number of nitrogens with two attached hydrogens (primary N) is 1. The van der Waals surface area contributed by atoms with Gasteiger partial charge in [0.25, 0.3) is 0 Å². The maximum absolute atomic E-state index is 13.6. The number of hydrogen-bond acceptors (Lipinski definition) is 3. The number of aromatic nitrogens is 2. The van der Waals surface area contributed by atoms with Gasteiger partial charge in [-0.1, -0.05) is 6.92 Å². The lowest BCUT2D eigenvalue weighted by Gasteiger charge is -2.11. The minimum atomic E-state index is -0.445. The molecule has 2 aromatic rings. The van der Waals surface area contributed by atoms with Crippen molar-refractivity contribution in [3.05, 3.63) is 36.7 Å². The molecule has 0 aliphatic heterocycles. The fraction of sp³-hybridized carbons (Fsp3) is 0.250. The lowest BCUT2D eigenvalue weighted by atomic mass is 10.2. The molecule has 0 unspecified atom stereocenters. The standard InChI is InChI=1S/C12H14FN3O/c1-2-5-17-12-7-11(10(14)6-9(12)13)16-4-3-15-8-16/h3-4,6-8H,2,5,14H2,1H3. The van der Waals surface area contributed by atoms with Crippen molar-refractivity contribution in [1.29, 1.82) is 0 Å². The second kappa shape index (κ2) is 4.86. The third kappa shape index (κ3) is 2.38. The number of nitrogen functional groups attached to an aromatic ring is 1. The highest BCUT2D eigenvalue weighted by atomic mass is 19.1. The van der Waals surface area contributed by atoms with Gasteiger partial charge in [-0.15, -0.1) is 0 Å². The number of halogens is 1. The van der Waals surface area contributed by atoms with Crippen LogP contribution in [0.3, 0.4) is 0 Å². The Morgan fingerprint density at radius 3 is 2.94 bits per heavy atom. The van der Waals surface area contributed by atoms with Crippen molar-refractivity contribution in [1.82, 2.24) is 9.55 Å². The SMILES string of the molecule is CCCOc1cc(-n2ccnc2)c(N)cc1F. The largest absolute Gasteiger partial charge is 0.490 e. The van der Waals surface area contributed by atoms with Gasteiger partial charge in [0, 0.05) is 24.5 Å². The van der Waals surface area contributed by atoms with Crippen LogP contribution in [0.25, 0.3) is 5.69 Å². The van der Waals surface area contributed by atoms with Crippen LogP contribution in [-0.4, -0.2) is 16.2 Å². The monoisotopic (exact) mass is 235 g/mol. The van der Waals surface area contributed by atoms with E-state index in [1.165, 1.54) is 6.07 Å². The van der Waals surface area contributed by atoms with Gasteiger partial charge in [-0.05, 0) is 6.42 Å². The van der Waals surface area contributed by atoms with Gasteiger partial charge >= 0.3 is 0 Å². The second-order valence-electron chi connectivity index (χ2n) is 3.66. The minimum absolute atomic E-state index is 0.213. The molecule has 1 aromatic heterocycles. The summed E-state index contributed by atoms with van der Waals surface area (Å²) in [5, 5.41) is 0. The van der Waals surface area contributed by atoms with Crippen LogP contribution in [0.2, 0.25) is 0 Å². The van der Waals surface area contributed by atoms with Crippen LogP contribution < -0.4 is 10.5 Å². The summed E-state index contributed by atoms with van der Waals surface area (Å²) >= 11 is 0. The maximum Gasteiger partial charge on any atom is 0.167 e. The van der Waals surface area contributed by atoms with Crippen molar-refractivity contribution in [2.24, 2.45) is 0 Å². The highest BCUT2D eigenvalue weighted by Crippen LogP contribution is 2.27. The average molecular weight is 235 g/mol. The molecule has 1 aromatic carbocycles. The van der Waals surface area contributed by atoms with E-state index in [2.05, 4.69) is 4.98 Å². The summed E-state index contributed by atoms with van der Waals surface area (Å²) < 4.78 is 20.6. The lowest BCUT2D eigenvalue weighted by Crippen LogP contribution is -2.03. The van der Waals surface area contributed by atoms with Crippen LogP contribution in [0.1, 0.15) is 13.3 Å². The molecule has 4 nitrogen and oxygen atoms in total. The van der Waals surface area contributed by atoms with E-state index in [-0.39, 0.29) is 5.75 Å². The molecule has 17 heavy (non-hydrogen) atoms. The lowest BCUT2D eigenvalue weighted by molar-refractivity contribution is 0.301. The number of imidazole rings is 1. The smallest absolute Gasteiger partial charge is 0.167 e. The number of rotatable bonds is 4. The van der Waals surface area contributed by atoms with E-state index in [9.17, 15) is 4.39 Å². The van der Waals surface area contributed by atoms with Crippen LogP contribution in [0.5, 0.6) is 5.75 Å². The summed E-state index contributed by atoms with van der Waals surface area (Å²) in [6, 6.07) is 2.85. The third-order valence-electron chi connectivity index (χ3n) is 2.33. The normalized spacial score (nSPS) is 10.5. The molecule has 0 radical (unpaired) electrons. The first-order valence-electron chi connectivity index (χ1n) is 5.42. The van der Waals surface area contributed by atoms with Crippen LogP contribution in [-0.2, 0) is 0 Å². The predicted molar refractivity (Wildman–Crippen MR) is 63.7 cm³/mol. The molecule has 5 heteroatoms.